The van der Waals surface area contributed by atoms with Crippen LogP contribution in [0.4, 0.5) is 0 Å². The first-order valence-corrected chi connectivity index (χ1v) is 7.05. The van der Waals surface area contributed by atoms with Gasteiger partial charge in [0.05, 0.1) is 12.3 Å². The highest BCUT2D eigenvalue weighted by Crippen LogP contribution is 2.14. The van der Waals surface area contributed by atoms with Crippen molar-refractivity contribution in [3.8, 4) is 0 Å². The third kappa shape index (κ3) is 4.65. The zero-order valence-electron chi connectivity index (χ0n) is 12.6. The summed E-state index contributed by atoms with van der Waals surface area (Å²) in [6.07, 6.45) is 1.82. The number of esters is 1. The molecule has 0 aromatic carbocycles. The number of hydrogen-bond acceptors (Lipinski definition) is 4. The Morgan fingerprint density at radius 1 is 1.26 bits per heavy atom. The van der Waals surface area contributed by atoms with Crippen LogP contribution in [0.25, 0.3) is 0 Å². The summed E-state index contributed by atoms with van der Waals surface area (Å²) in [4.78, 5) is 11.9. The number of ether oxygens (including phenoxy) is 1. The third-order valence-electron chi connectivity index (χ3n) is 2.83. The van der Waals surface area contributed by atoms with E-state index in [1.807, 2.05) is 4.68 Å². The highest BCUT2D eigenvalue weighted by molar-refractivity contribution is 5.88. The fourth-order valence-corrected chi connectivity index (χ4v) is 1.84. The van der Waals surface area contributed by atoms with E-state index in [1.165, 1.54) is 0 Å². The molecule has 0 aliphatic rings. The molecule has 0 spiro atoms. The van der Waals surface area contributed by atoms with Crippen LogP contribution >= 0.6 is 0 Å². The van der Waals surface area contributed by atoms with Crippen LogP contribution in [0.1, 0.15) is 57.2 Å². The van der Waals surface area contributed by atoms with Crippen LogP contribution in [0.15, 0.2) is 0 Å². The molecule has 0 saturated carbocycles. The van der Waals surface area contributed by atoms with E-state index in [-0.39, 0.29) is 5.97 Å². The first-order chi connectivity index (χ1) is 8.95. The SMILES string of the molecule is CCOC(=O)c1nnn(CCC(C)C)c1CC(C)C. The molecule has 5 nitrogen and oxygen atoms in total. The topological polar surface area (TPSA) is 57.0 Å². The van der Waals surface area contributed by atoms with Crippen molar-refractivity contribution in [2.45, 2.75) is 54.0 Å². The van der Waals surface area contributed by atoms with Gasteiger partial charge in [0.15, 0.2) is 5.69 Å². The van der Waals surface area contributed by atoms with Crippen molar-refractivity contribution in [2.24, 2.45) is 11.8 Å². The van der Waals surface area contributed by atoms with E-state index in [1.54, 1.807) is 6.92 Å². The quantitative estimate of drug-likeness (QED) is 0.713. The first-order valence-electron chi connectivity index (χ1n) is 7.05. The number of nitrogens with zero attached hydrogens (tertiary/aromatic N) is 3. The monoisotopic (exact) mass is 267 g/mol. The van der Waals surface area contributed by atoms with Gasteiger partial charge in [0, 0.05) is 6.54 Å². The zero-order chi connectivity index (χ0) is 14.4. The zero-order valence-corrected chi connectivity index (χ0v) is 12.6. The average molecular weight is 267 g/mol. The smallest absolute Gasteiger partial charge is 0.360 e. The van der Waals surface area contributed by atoms with Crippen LogP contribution in [0, 0.1) is 11.8 Å². The van der Waals surface area contributed by atoms with Gasteiger partial charge in [0.1, 0.15) is 0 Å². The second kappa shape index (κ2) is 7.26. The summed E-state index contributed by atoms with van der Waals surface area (Å²) in [7, 11) is 0. The molecule has 0 fully saturated rings. The largest absolute Gasteiger partial charge is 0.461 e. The molecule has 1 rings (SSSR count). The van der Waals surface area contributed by atoms with Crippen LogP contribution in [-0.2, 0) is 17.7 Å². The Kier molecular flexibility index (Phi) is 5.99. The molecular formula is C14H25N3O2. The molecule has 5 heteroatoms. The van der Waals surface area contributed by atoms with Crippen LogP contribution in [-0.4, -0.2) is 27.6 Å². The van der Waals surface area contributed by atoms with Gasteiger partial charge in [-0.3, -0.25) is 0 Å². The van der Waals surface area contributed by atoms with E-state index in [0.717, 1.165) is 25.1 Å². The van der Waals surface area contributed by atoms with Crippen molar-refractivity contribution < 1.29 is 9.53 Å². The summed E-state index contributed by atoms with van der Waals surface area (Å²) in [6.45, 7) is 11.5. The lowest BCUT2D eigenvalue weighted by atomic mass is 10.1. The Balaban J connectivity index is 2.94. The van der Waals surface area contributed by atoms with Crippen molar-refractivity contribution in [3.63, 3.8) is 0 Å². The molecule has 0 atom stereocenters. The fraction of sp³-hybridized carbons (Fsp3) is 0.786. The van der Waals surface area contributed by atoms with Crippen molar-refractivity contribution >= 4 is 5.97 Å². The van der Waals surface area contributed by atoms with Crippen LogP contribution in [0.2, 0.25) is 0 Å². The molecule has 0 bridgehead atoms. The Bertz CT molecular complexity index is 411. The minimum atomic E-state index is -0.367. The van der Waals surface area contributed by atoms with Crippen molar-refractivity contribution in [3.05, 3.63) is 11.4 Å². The lowest BCUT2D eigenvalue weighted by Gasteiger charge is -2.11. The van der Waals surface area contributed by atoms with Gasteiger partial charge in [-0.2, -0.15) is 0 Å². The van der Waals surface area contributed by atoms with E-state index in [4.69, 9.17) is 4.74 Å². The Morgan fingerprint density at radius 3 is 2.47 bits per heavy atom. The second-order valence-electron chi connectivity index (χ2n) is 5.61. The van der Waals surface area contributed by atoms with Gasteiger partial charge in [0.2, 0.25) is 0 Å². The first kappa shape index (κ1) is 15.7. The molecule has 0 unspecified atom stereocenters. The minimum Gasteiger partial charge on any atom is -0.461 e. The van der Waals surface area contributed by atoms with Crippen molar-refractivity contribution in [1.82, 2.24) is 15.0 Å². The summed E-state index contributed by atoms with van der Waals surface area (Å²) in [6, 6.07) is 0. The van der Waals surface area contributed by atoms with E-state index in [9.17, 15) is 4.79 Å². The predicted molar refractivity (Wildman–Crippen MR) is 74.0 cm³/mol. The van der Waals surface area contributed by atoms with E-state index < -0.39 is 0 Å². The molecule has 108 valence electrons. The number of rotatable bonds is 7. The molecule has 1 aromatic rings. The maximum Gasteiger partial charge on any atom is 0.360 e. The Hall–Kier alpha value is -1.39. The van der Waals surface area contributed by atoms with Gasteiger partial charge in [-0.1, -0.05) is 32.9 Å². The normalized spacial score (nSPS) is 11.3. The van der Waals surface area contributed by atoms with Crippen LogP contribution in [0.5, 0.6) is 0 Å². The van der Waals surface area contributed by atoms with E-state index in [0.29, 0.717) is 24.1 Å². The Labute approximate surface area is 115 Å². The van der Waals surface area contributed by atoms with Crippen molar-refractivity contribution in [1.29, 1.82) is 0 Å². The van der Waals surface area contributed by atoms with Crippen LogP contribution in [0.3, 0.4) is 0 Å². The van der Waals surface area contributed by atoms with Gasteiger partial charge in [-0.05, 0) is 31.6 Å². The molecule has 0 amide bonds. The highest BCUT2D eigenvalue weighted by atomic mass is 16.5. The third-order valence-corrected chi connectivity index (χ3v) is 2.83. The molecule has 0 saturated heterocycles. The number of hydrogen-bond donors (Lipinski definition) is 0. The molecule has 0 N–H and O–H groups in total. The van der Waals surface area contributed by atoms with Crippen LogP contribution < -0.4 is 0 Å². The highest BCUT2D eigenvalue weighted by Gasteiger charge is 2.21. The lowest BCUT2D eigenvalue weighted by Crippen LogP contribution is -2.14. The summed E-state index contributed by atoms with van der Waals surface area (Å²) < 4.78 is 6.89. The van der Waals surface area contributed by atoms with Gasteiger partial charge >= 0.3 is 5.97 Å². The lowest BCUT2D eigenvalue weighted by molar-refractivity contribution is 0.0517. The minimum absolute atomic E-state index is 0.360. The second-order valence-corrected chi connectivity index (χ2v) is 5.61. The maximum absolute atomic E-state index is 11.9. The fourth-order valence-electron chi connectivity index (χ4n) is 1.84. The molecular weight excluding hydrogens is 242 g/mol. The molecule has 0 aliphatic carbocycles. The molecule has 1 heterocycles. The molecule has 0 aliphatic heterocycles. The molecule has 1 aromatic heterocycles. The molecule has 19 heavy (non-hydrogen) atoms. The number of carbonyl (C=O) groups is 1. The van der Waals surface area contributed by atoms with E-state index >= 15 is 0 Å². The predicted octanol–water partition coefficient (Wildman–Crippen LogP) is 2.70. The summed E-state index contributed by atoms with van der Waals surface area (Å²) >= 11 is 0. The summed E-state index contributed by atoms with van der Waals surface area (Å²) in [5, 5.41) is 8.11. The number of aromatic nitrogens is 3. The maximum atomic E-state index is 11.9. The van der Waals surface area contributed by atoms with Gasteiger partial charge in [-0.25, -0.2) is 9.48 Å². The van der Waals surface area contributed by atoms with Gasteiger partial charge in [0.25, 0.3) is 0 Å². The number of carbonyl (C=O) groups excluding carboxylic acids is 1. The van der Waals surface area contributed by atoms with Gasteiger partial charge < -0.3 is 4.74 Å². The molecule has 0 radical (unpaired) electrons. The Morgan fingerprint density at radius 2 is 1.95 bits per heavy atom. The summed E-state index contributed by atoms with van der Waals surface area (Å²) in [5.74, 6) is 0.681. The van der Waals surface area contributed by atoms with Crippen molar-refractivity contribution in [2.75, 3.05) is 6.61 Å². The summed E-state index contributed by atoms with van der Waals surface area (Å²) in [5.41, 5.74) is 1.27. The van der Waals surface area contributed by atoms with E-state index in [2.05, 4.69) is 38.0 Å². The van der Waals surface area contributed by atoms with Gasteiger partial charge in [-0.15, -0.1) is 5.10 Å². The standard InChI is InChI=1S/C14H25N3O2/c1-6-19-14(18)13-12(9-11(4)5)17(16-15-13)8-7-10(2)3/h10-11H,6-9H2,1-5H3. The average Bonchev–Trinajstić information content (AvgIpc) is 2.69. The number of aryl methyl sites for hydroxylation is 1.